The lowest BCUT2D eigenvalue weighted by Crippen LogP contribution is -2.07. The van der Waals surface area contributed by atoms with Gasteiger partial charge in [0.05, 0.1) is 5.56 Å². The summed E-state index contributed by atoms with van der Waals surface area (Å²) in [7, 11) is 0. The van der Waals surface area contributed by atoms with Crippen LogP contribution < -0.4 is 9.47 Å². The summed E-state index contributed by atoms with van der Waals surface area (Å²) in [5.74, 6) is 0.135. The maximum Gasteiger partial charge on any atom is 0.335 e. The molecule has 0 amide bonds. The largest absolute Gasteiger partial charge is 0.489 e. The summed E-state index contributed by atoms with van der Waals surface area (Å²) < 4.78 is 11.3. The lowest BCUT2D eigenvalue weighted by atomic mass is 10.1. The van der Waals surface area contributed by atoms with Crippen molar-refractivity contribution in [2.45, 2.75) is 77.7 Å². The number of carboxylic acid groups (broad SMARTS) is 1. The third kappa shape index (κ3) is 9.08. The number of fused-ring (bicyclic) bond motifs is 1. The Kier molecular flexibility index (Phi) is 10.6. The average Bonchev–Trinajstić information content (AvgIpc) is 2.87. The smallest absolute Gasteiger partial charge is 0.335 e. The Morgan fingerprint density at radius 3 is 2.00 bits per heavy atom. The average molecular weight is 477 g/mol. The summed E-state index contributed by atoms with van der Waals surface area (Å²) in [5, 5.41) is 10.9. The highest BCUT2D eigenvalue weighted by molar-refractivity contribution is 5.94. The van der Waals surface area contributed by atoms with Crippen molar-refractivity contribution in [2.24, 2.45) is 0 Å². The van der Waals surface area contributed by atoms with Crippen molar-refractivity contribution in [2.75, 3.05) is 0 Å². The zero-order valence-electron chi connectivity index (χ0n) is 20.6. The van der Waals surface area contributed by atoms with Crippen LogP contribution in [0.15, 0.2) is 60.7 Å². The fourth-order valence-corrected chi connectivity index (χ4v) is 4.03. The summed E-state index contributed by atoms with van der Waals surface area (Å²) in [6.07, 6.45) is 11.4. The normalized spacial score (nSPS) is 10.9. The maximum atomic E-state index is 12.1. The first kappa shape index (κ1) is 26.3. The van der Waals surface area contributed by atoms with E-state index < -0.39 is 5.97 Å². The van der Waals surface area contributed by atoms with E-state index in [1.54, 1.807) is 30.3 Å². The molecule has 1 N–H and O–H groups in total. The molecule has 0 aliphatic heterocycles. The molecule has 186 valence electrons. The third-order valence-corrected chi connectivity index (χ3v) is 6.10. The summed E-state index contributed by atoms with van der Waals surface area (Å²) in [6.45, 7) is 2.61. The van der Waals surface area contributed by atoms with Crippen molar-refractivity contribution in [1.29, 1.82) is 0 Å². The highest BCUT2D eigenvalue weighted by atomic mass is 16.5. The van der Waals surface area contributed by atoms with Crippen LogP contribution in [-0.4, -0.2) is 17.0 Å². The van der Waals surface area contributed by atoms with Gasteiger partial charge in [-0.05, 0) is 59.2 Å². The van der Waals surface area contributed by atoms with Crippen molar-refractivity contribution in [1.82, 2.24) is 0 Å². The summed E-state index contributed by atoms with van der Waals surface area (Å²) in [6, 6.07) is 18.0. The second kappa shape index (κ2) is 14.1. The number of esters is 1. The van der Waals surface area contributed by atoms with Crippen LogP contribution in [0.4, 0.5) is 0 Å². The molecule has 0 unspecified atom stereocenters. The molecular formula is C30H36O5. The minimum absolute atomic E-state index is 0.181. The molecule has 0 heterocycles. The molecule has 3 rings (SSSR count). The molecule has 0 aliphatic carbocycles. The van der Waals surface area contributed by atoms with Crippen molar-refractivity contribution < 1.29 is 24.2 Å². The molecule has 0 saturated carbocycles. The van der Waals surface area contributed by atoms with Gasteiger partial charge in [0.2, 0.25) is 0 Å². The quantitative estimate of drug-likeness (QED) is 0.137. The predicted octanol–water partition coefficient (Wildman–Crippen LogP) is 7.94. The third-order valence-electron chi connectivity index (χ3n) is 6.10. The molecule has 0 atom stereocenters. The number of ether oxygens (including phenoxy) is 2. The van der Waals surface area contributed by atoms with E-state index in [0.717, 1.165) is 29.2 Å². The fraction of sp³-hybridized carbons (Fsp3) is 0.400. The molecule has 0 bridgehead atoms. The van der Waals surface area contributed by atoms with Crippen LogP contribution in [0.3, 0.4) is 0 Å². The molecule has 3 aromatic rings. The molecule has 0 spiro atoms. The number of aromatic carboxylic acids is 1. The molecule has 0 aliphatic rings. The van der Waals surface area contributed by atoms with Crippen LogP contribution >= 0.6 is 0 Å². The van der Waals surface area contributed by atoms with E-state index in [1.165, 1.54) is 44.9 Å². The summed E-state index contributed by atoms with van der Waals surface area (Å²) >= 11 is 0. The Morgan fingerprint density at radius 1 is 0.714 bits per heavy atom. The zero-order chi connectivity index (χ0) is 24.9. The van der Waals surface area contributed by atoms with E-state index >= 15 is 0 Å². The van der Waals surface area contributed by atoms with E-state index in [0.29, 0.717) is 24.5 Å². The van der Waals surface area contributed by atoms with Crippen LogP contribution in [0, 0.1) is 0 Å². The fourth-order valence-electron chi connectivity index (χ4n) is 4.03. The van der Waals surface area contributed by atoms with E-state index in [9.17, 15) is 9.59 Å². The minimum atomic E-state index is -0.940. The monoisotopic (exact) mass is 476 g/mol. The van der Waals surface area contributed by atoms with E-state index in [-0.39, 0.29) is 11.5 Å². The first-order valence-electron chi connectivity index (χ1n) is 12.7. The van der Waals surface area contributed by atoms with Crippen LogP contribution in [0.25, 0.3) is 10.8 Å². The predicted molar refractivity (Wildman–Crippen MR) is 139 cm³/mol. The number of benzene rings is 3. The van der Waals surface area contributed by atoms with Gasteiger partial charge < -0.3 is 14.6 Å². The first-order chi connectivity index (χ1) is 17.0. The van der Waals surface area contributed by atoms with E-state index in [1.807, 2.05) is 30.3 Å². The van der Waals surface area contributed by atoms with Crippen LogP contribution in [0.5, 0.6) is 11.5 Å². The maximum absolute atomic E-state index is 12.1. The molecule has 0 aromatic heterocycles. The molecule has 5 heteroatoms. The van der Waals surface area contributed by atoms with Gasteiger partial charge in [-0.1, -0.05) is 82.6 Å². The SMILES string of the molecule is CCCCCCCCCCCC(=O)Oc1ccc(COc2ccc3cc(C(=O)O)ccc3c2)cc1. The molecule has 0 saturated heterocycles. The van der Waals surface area contributed by atoms with Crippen LogP contribution in [-0.2, 0) is 11.4 Å². The van der Waals surface area contributed by atoms with Gasteiger partial charge in [-0.25, -0.2) is 4.79 Å². The number of carboxylic acids is 1. The lowest BCUT2D eigenvalue weighted by molar-refractivity contribution is -0.134. The lowest BCUT2D eigenvalue weighted by Gasteiger charge is -2.09. The van der Waals surface area contributed by atoms with Gasteiger partial charge >= 0.3 is 11.9 Å². The van der Waals surface area contributed by atoms with Crippen molar-refractivity contribution in [3.63, 3.8) is 0 Å². The molecule has 3 aromatic carbocycles. The van der Waals surface area contributed by atoms with Crippen molar-refractivity contribution >= 4 is 22.7 Å². The number of carbonyl (C=O) groups is 2. The molecule has 5 nitrogen and oxygen atoms in total. The Bertz CT molecular complexity index is 1090. The highest BCUT2D eigenvalue weighted by Crippen LogP contribution is 2.23. The van der Waals surface area contributed by atoms with E-state index in [2.05, 4.69) is 6.92 Å². The van der Waals surface area contributed by atoms with Crippen LogP contribution in [0.2, 0.25) is 0 Å². The van der Waals surface area contributed by atoms with Crippen LogP contribution in [0.1, 0.15) is 87.1 Å². The van der Waals surface area contributed by atoms with Gasteiger partial charge in [-0.15, -0.1) is 0 Å². The number of unbranched alkanes of at least 4 members (excludes halogenated alkanes) is 8. The number of rotatable bonds is 15. The zero-order valence-corrected chi connectivity index (χ0v) is 20.6. The second-order valence-electron chi connectivity index (χ2n) is 9.01. The van der Waals surface area contributed by atoms with Gasteiger partial charge in [-0.3, -0.25) is 4.79 Å². The second-order valence-corrected chi connectivity index (χ2v) is 9.01. The number of hydrogen-bond donors (Lipinski definition) is 1. The minimum Gasteiger partial charge on any atom is -0.489 e. The van der Waals surface area contributed by atoms with Gasteiger partial charge in [0.25, 0.3) is 0 Å². The standard InChI is InChI=1S/C30H36O5/c1-2-3-4-5-6-7-8-9-10-11-29(31)35-27-17-12-23(13-18-27)22-34-28-19-16-24-20-26(30(32)33)15-14-25(24)21-28/h12-21H,2-11,22H2,1H3,(H,32,33). The highest BCUT2D eigenvalue weighted by Gasteiger charge is 2.07. The molecule has 0 fully saturated rings. The topological polar surface area (TPSA) is 72.8 Å². The Balaban J connectivity index is 1.36. The Morgan fingerprint density at radius 2 is 1.31 bits per heavy atom. The molecule has 0 radical (unpaired) electrons. The van der Waals surface area contributed by atoms with Crippen molar-refractivity contribution in [3.05, 3.63) is 71.8 Å². The van der Waals surface area contributed by atoms with E-state index in [4.69, 9.17) is 14.6 Å². The van der Waals surface area contributed by atoms with Gasteiger partial charge in [0.1, 0.15) is 18.1 Å². The Labute approximate surface area is 208 Å². The summed E-state index contributed by atoms with van der Waals surface area (Å²) in [4.78, 5) is 23.2. The van der Waals surface area contributed by atoms with Gasteiger partial charge in [0.15, 0.2) is 0 Å². The van der Waals surface area contributed by atoms with Gasteiger partial charge in [0, 0.05) is 6.42 Å². The number of carbonyl (C=O) groups excluding carboxylic acids is 1. The number of hydrogen-bond acceptors (Lipinski definition) is 4. The summed E-state index contributed by atoms with van der Waals surface area (Å²) in [5.41, 5.74) is 1.23. The first-order valence-corrected chi connectivity index (χ1v) is 12.7. The molecular weight excluding hydrogens is 440 g/mol. The van der Waals surface area contributed by atoms with Gasteiger partial charge in [-0.2, -0.15) is 0 Å². The van der Waals surface area contributed by atoms with Crippen molar-refractivity contribution in [3.8, 4) is 11.5 Å². The molecule has 35 heavy (non-hydrogen) atoms. The Hall–Kier alpha value is -3.34.